The molecule has 0 bridgehead atoms. The third-order valence-electron chi connectivity index (χ3n) is 2.56. The highest BCUT2D eigenvalue weighted by molar-refractivity contribution is 7.89. The Morgan fingerprint density at radius 1 is 1.24 bits per heavy atom. The fourth-order valence-corrected chi connectivity index (χ4v) is 3.23. The van der Waals surface area contributed by atoms with Crippen LogP contribution in [0.3, 0.4) is 0 Å². The Morgan fingerprint density at radius 3 is 2.29 bits per heavy atom. The lowest BCUT2D eigenvalue weighted by atomic mass is 10.2. The van der Waals surface area contributed by atoms with Crippen LogP contribution in [0.1, 0.15) is 35.7 Å². The van der Waals surface area contributed by atoms with Crippen molar-refractivity contribution >= 4 is 21.9 Å². The highest BCUT2D eigenvalue weighted by Gasteiger charge is 2.31. The molecule has 1 aromatic rings. The molecule has 0 saturated heterocycles. The predicted octanol–water partition coefficient (Wildman–Crippen LogP) is 0.398. The van der Waals surface area contributed by atoms with Crippen molar-refractivity contribution in [1.82, 2.24) is 10.0 Å². The first-order valence-electron chi connectivity index (χ1n) is 6.18. The molecule has 0 unspecified atom stereocenters. The quantitative estimate of drug-likeness (QED) is 0.697. The first-order chi connectivity index (χ1) is 9.56. The van der Waals surface area contributed by atoms with Crippen LogP contribution >= 0.6 is 0 Å². The maximum atomic E-state index is 12.2. The third kappa shape index (κ3) is 4.05. The van der Waals surface area contributed by atoms with Crippen LogP contribution in [0.25, 0.3) is 0 Å². The van der Waals surface area contributed by atoms with Crippen LogP contribution in [0.15, 0.2) is 9.31 Å². The Kier molecular flexibility index (Phi) is 5.13. The number of carbonyl (C=O) groups excluding carboxylic acids is 1. The summed E-state index contributed by atoms with van der Waals surface area (Å²) in [5.74, 6) is -1.96. The molecule has 0 aromatic carbocycles. The van der Waals surface area contributed by atoms with Gasteiger partial charge < -0.3 is 14.8 Å². The molecule has 1 aromatic heterocycles. The lowest BCUT2D eigenvalue weighted by Gasteiger charge is -2.10. The monoisotopic (exact) mass is 318 g/mol. The first kappa shape index (κ1) is 17.2. The van der Waals surface area contributed by atoms with E-state index < -0.39 is 38.9 Å². The third-order valence-corrected chi connectivity index (χ3v) is 4.11. The zero-order chi connectivity index (χ0) is 16.4. The SMILES string of the molecule is Cc1oc(C)c(S(=O)(=O)NCC(=O)NC(C)C)c1C(=O)O. The van der Waals surface area contributed by atoms with Gasteiger partial charge in [0.2, 0.25) is 15.9 Å². The predicted molar refractivity (Wildman–Crippen MR) is 73.6 cm³/mol. The highest BCUT2D eigenvalue weighted by Crippen LogP contribution is 2.26. The molecular formula is C12H18N2O6S. The summed E-state index contributed by atoms with van der Waals surface area (Å²) in [6.45, 7) is 5.70. The van der Waals surface area contributed by atoms with E-state index in [4.69, 9.17) is 9.52 Å². The van der Waals surface area contributed by atoms with Crippen LogP contribution in [-0.4, -0.2) is 38.0 Å². The van der Waals surface area contributed by atoms with Gasteiger partial charge in [0.05, 0.1) is 6.54 Å². The van der Waals surface area contributed by atoms with E-state index in [1.807, 2.05) is 0 Å². The summed E-state index contributed by atoms with van der Waals surface area (Å²) in [5.41, 5.74) is -0.427. The van der Waals surface area contributed by atoms with Gasteiger partial charge in [0.25, 0.3) is 0 Å². The Morgan fingerprint density at radius 2 is 1.81 bits per heavy atom. The zero-order valence-corrected chi connectivity index (χ0v) is 13.0. The minimum Gasteiger partial charge on any atom is -0.478 e. The van der Waals surface area contributed by atoms with Crippen molar-refractivity contribution in [3.8, 4) is 0 Å². The number of aromatic carboxylic acids is 1. The van der Waals surface area contributed by atoms with Crippen LogP contribution in [0.2, 0.25) is 0 Å². The number of aryl methyl sites for hydroxylation is 2. The second-order valence-corrected chi connectivity index (χ2v) is 6.47. The number of nitrogens with one attached hydrogen (secondary N) is 2. The van der Waals surface area contributed by atoms with Gasteiger partial charge in [0, 0.05) is 6.04 Å². The van der Waals surface area contributed by atoms with Crippen molar-refractivity contribution in [1.29, 1.82) is 0 Å². The van der Waals surface area contributed by atoms with E-state index >= 15 is 0 Å². The average molecular weight is 318 g/mol. The van der Waals surface area contributed by atoms with Gasteiger partial charge in [-0.3, -0.25) is 4.79 Å². The molecule has 1 rings (SSSR count). The van der Waals surface area contributed by atoms with Gasteiger partial charge in [-0.05, 0) is 27.7 Å². The fourth-order valence-electron chi connectivity index (χ4n) is 1.84. The van der Waals surface area contributed by atoms with Gasteiger partial charge >= 0.3 is 5.97 Å². The van der Waals surface area contributed by atoms with E-state index in [0.29, 0.717) is 0 Å². The van der Waals surface area contributed by atoms with E-state index in [1.165, 1.54) is 13.8 Å². The molecule has 118 valence electrons. The molecule has 8 nitrogen and oxygen atoms in total. The van der Waals surface area contributed by atoms with Gasteiger partial charge in [-0.15, -0.1) is 0 Å². The molecule has 0 fully saturated rings. The van der Waals surface area contributed by atoms with Gasteiger partial charge in [0.15, 0.2) is 0 Å². The minimum absolute atomic E-state index is 0.00740. The number of amides is 1. The molecule has 0 aliphatic carbocycles. The maximum Gasteiger partial charge on any atom is 0.340 e. The van der Waals surface area contributed by atoms with Crippen molar-refractivity contribution in [2.45, 2.75) is 38.6 Å². The second kappa shape index (κ2) is 6.27. The van der Waals surface area contributed by atoms with E-state index in [1.54, 1.807) is 13.8 Å². The zero-order valence-electron chi connectivity index (χ0n) is 12.2. The van der Waals surface area contributed by atoms with Crippen molar-refractivity contribution in [2.75, 3.05) is 6.54 Å². The molecular weight excluding hydrogens is 300 g/mol. The topological polar surface area (TPSA) is 126 Å². The highest BCUT2D eigenvalue weighted by atomic mass is 32.2. The average Bonchev–Trinajstić information content (AvgIpc) is 2.61. The molecule has 0 atom stereocenters. The van der Waals surface area contributed by atoms with Crippen molar-refractivity contribution in [2.24, 2.45) is 0 Å². The smallest absolute Gasteiger partial charge is 0.340 e. The summed E-state index contributed by atoms with van der Waals surface area (Å²) in [5, 5.41) is 11.6. The Bertz CT molecular complexity index is 660. The summed E-state index contributed by atoms with van der Waals surface area (Å²) < 4.78 is 31.5. The van der Waals surface area contributed by atoms with E-state index in [2.05, 4.69) is 10.0 Å². The van der Waals surface area contributed by atoms with E-state index in [0.717, 1.165) is 0 Å². The molecule has 0 radical (unpaired) electrons. The Balaban J connectivity index is 3.04. The maximum absolute atomic E-state index is 12.2. The van der Waals surface area contributed by atoms with E-state index in [-0.39, 0.29) is 17.6 Å². The number of sulfonamides is 1. The summed E-state index contributed by atoms with van der Waals surface area (Å²) in [7, 11) is -4.16. The molecule has 0 aliphatic heterocycles. The van der Waals surface area contributed by atoms with Gasteiger partial charge in [-0.1, -0.05) is 0 Å². The normalized spacial score (nSPS) is 11.7. The number of hydrogen-bond acceptors (Lipinski definition) is 5. The molecule has 1 heterocycles. The molecule has 1 amide bonds. The van der Waals surface area contributed by atoms with Gasteiger partial charge in [-0.2, -0.15) is 0 Å². The number of carbonyl (C=O) groups is 2. The van der Waals surface area contributed by atoms with Crippen LogP contribution < -0.4 is 10.0 Å². The Labute approximate surface area is 122 Å². The second-order valence-electron chi connectivity index (χ2n) is 4.77. The van der Waals surface area contributed by atoms with E-state index in [9.17, 15) is 18.0 Å². The molecule has 21 heavy (non-hydrogen) atoms. The standard InChI is InChI=1S/C12H18N2O6S/c1-6(2)14-9(15)5-13-21(18,19)11-8(4)20-7(3)10(11)12(16)17/h6,13H,5H2,1-4H3,(H,14,15)(H,16,17). The van der Waals surface area contributed by atoms with Crippen LogP contribution in [0.5, 0.6) is 0 Å². The number of hydrogen-bond donors (Lipinski definition) is 3. The van der Waals surface area contributed by atoms with Gasteiger partial charge in [0.1, 0.15) is 22.0 Å². The Hall–Kier alpha value is -1.87. The molecule has 0 aliphatic rings. The van der Waals surface area contributed by atoms with Crippen molar-refractivity contribution in [3.63, 3.8) is 0 Å². The number of carboxylic acid groups (broad SMARTS) is 1. The molecule has 0 saturated carbocycles. The molecule has 3 N–H and O–H groups in total. The number of rotatable bonds is 6. The molecule has 0 spiro atoms. The summed E-state index contributed by atoms with van der Waals surface area (Å²) in [4.78, 5) is 22.2. The largest absolute Gasteiger partial charge is 0.478 e. The van der Waals surface area contributed by atoms with Crippen LogP contribution in [-0.2, 0) is 14.8 Å². The lowest BCUT2D eigenvalue weighted by molar-refractivity contribution is -0.120. The lowest BCUT2D eigenvalue weighted by Crippen LogP contribution is -2.40. The summed E-state index contributed by atoms with van der Waals surface area (Å²) in [6, 6.07) is -0.130. The fraction of sp³-hybridized carbons (Fsp3) is 0.500. The number of carboxylic acids is 1. The minimum atomic E-state index is -4.16. The van der Waals surface area contributed by atoms with Crippen LogP contribution in [0, 0.1) is 13.8 Å². The van der Waals surface area contributed by atoms with Crippen LogP contribution in [0.4, 0.5) is 0 Å². The van der Waals surface area contributed by atoms with Crippen molar-refractivity contribution in [3.05, 3.63) is 17.1 Å². The summed E-state index contributed by atoms with van der Waals surface area (Å²) in [6.07, 6.45) is 0. The van der Waals surface area contributed by atoms with Gasteiger partial charge in [-0.25, -0.2) is 17.9 Å². The molecule has 9 heteroatoms. The first-order valence-corrected chi connectivity index (χ1v) is 7.67. The number of furan rings is 1. The van der Waals surface area contributed by atoms with Crippen molar-refractivity contribution < 1.29 is 27.5 Å². The summed E-state index contributed by atoms with van der Waals surface area (Å²) >= 11 is 0.